The maximum atomic E-state index is 12.0. The second kappa shape index (κ2) is 6.54. The zero-order chi connectivity index (χ0) is 14.5. The Labute approximate surface area is 118 Å². The molecule has 0 bridgehead atoms. The number of imidazole rings is 1. The second-order valence-corrected chi connectivity index (χ2v) is 5.41. The number of H-pyrrole nitrogens is 1. The highest BCUT2D eigenvalue weighted by atomic mass is 16.4. The second-order valence-electron chi connectivity index (χ2n) is 5.41. The predicted molar refractivity (Wildman–Crippen MR) is 73.7 cm³/mol. The topological polar surface area (TPSA) is 95.1 Å². The highest BCUT2D eigenvalue weighted by molar-refractivity contribution is 6.02. The molecule has 0 unspecified atom stereocenters. The molecular weight excluding hydrogens is 258 g/mol. The number of aromatic carboxylic acids is 1. The Balaban J connectivity index is 1.89. The smallest absolute Gasteiger partial charge is 0.354 e. The summed E-state index contributed by atoms with van der Waals surface area (Å²) in [5.74, 6) is -0.796. The molecular formula is C14H21N3O3. The van der Waals surface area contributed by atoms with Crippen LogP contribution in [0.4, 0.5) is 0 Å². The van der Waals surface area contributed by atoms with E-state index in [0.717, 1.165) is 31.6 Å². The maximum absolute atomic E-state index is 12.0. The lowest BCUT2D eigenvalue weighted by molar-refractivity contribution is 0.0684. The van der Waals surface area contributed by atoms with Gasteiger partial charge in [0.1, 0.15) is 0 Å². The predicted octanol–water partition coefficient (Wildman–Crippen LogP) is 2.20. The van der Waals surface area contributed by atoms with Crippen molar-refractivity contribution in [2.45, 2.75) is 51.5 Å². The van der Waals surface area contributed by atoms with E-state index in [4.69, 9.17) is 5.11 Å². The lowest BCUT2D eigenvalue weighted by atomic mass is 9.83. The molecule has 110 valence electrons. The number of nitrogens with zero attached hydrogens (tertiary/aromatic N) is 1. The van der Waals surface area contributed by atoms with Crippen molar-refractivity contribution in [2.75, 3.05) is 0 Å². The van der Waals surface area contributed by atoms with E-state index >= 15 is 0 Å². The van der Waals surface area contributed by atoms with Gasteiger partial charge in [-0.2, -0.15) is 0 Å². The molecule has 1 aliphatic rings. The van der Waals surface area contributed by atoms with Crippen LogP contribution in [0.25, 0.3) is 0 Å². The number of rotatable bonds is 5. The van der Waals surface area contributed by atoms with Gasteiger partial charge in [-0.15, -0.1) is 0 Å². The molecule has 1 amide bonds. The van der Waals surface area contributed by atoms with Gasteiger partial charge >= 0.3 is 5.97 Å². The number of carboxylic acid groups (broad SMARTS) is 1. The third-order valence-electron chi connectivity index (χ3n) is 3.95. The van der Waals surface area contributed by atoms with Crippen LogP contribution in [0.15, 0.2) is 6.33 Å². The molecule has 1 aliphatic carbocycles. The van der Waals surface area contributed by atoms with E-state index in [-0.39, 0.29) is 17.4 Å². The molecule has 20 heavy (non-hydrogen) atoms. The lowest BCUT2D eigenvalue weighted by Crippen LogP contribution is -2.38. The summed E-state index contributed by atoms with van der Waals surface area (Å²) in [6.45, 7) is 2.19. The molecule has 2 rings (SSSR count). The first-order valence-electron chi connectivity index (χ1n) is 7.19. The summed E-state index contributed by atoms with van der Waals surface area (Å²) >= 11 is 0. The Morgan fingerprint density at radius 2 is 2.10 bits per heavy atom. The molecule has 0 spiro atoms. The highest BCUT2D eigenvalue weighted by Gasteiger charge is 2.25. The van der Waals surface area contributed by atoms with E-state index in [1.165, 1.54) is 19.2 Å². The number of carbonyl (C=O) groups is 2. The van der Waals surface area contributed by atoms with Crippen LogP contribution >= 0.6 is 0 Å². The first-order chi connectivity index (χ1) is 9.61. The number of carboxylic acids is 1. The van der Waals surface area contributed by atoms with Crippen molar-refractivity contribution < 1.29 is 14.7 Å². The summed E-state index contributed by atoms with van der Waals surface area (Å²) < 4.78 is 0. The van der Waals surface area contributed by atoms with Crippen molar-refractivity contribution in [3.8, 4) is 0 Å². The molecule has 6 heteroatoms. The molecule has 1 saturated carbocycles. The highest BCUT2D eigenvalue weighted by Crippen LogP contribution is 2.27. The van der Waals surface area contributed by atoms with Gasteiger partial charge in [-0.05, 0) is 31.6 Å². The van der Waals surface area contributed by atoms with E-state index in [1.807, 2.05) is 0 Å². The molecule has 3 N–H and O–H groups in total. The summed E-state index contributed by atoms with van der Waals surface area (Å²) in [6, 6.07) is 0.133. The summed E-state index contributed by atoms with van der Waals surface area (Å²) in [5, 5.41) is 11.8. The van der Waals surface area contributed by atoms with Crippen molar-refractivity contribution in [3.05, 3.63) is 17.7 Å². The number of amides is 1. The number of hydrogen-bond acceptors (Lipinski definition) is 3. The van der Waals surface area contributed by atoms with Crippen LogP contribution < -0.4 is 5.32 Å². The van der Waals surface area contributed by atoms with Crippen molar-refractivity contribution in [2.24, 2.45) is 5.92 Å². The average Bonchev–Trinajstić information content (AvgIpc) is 2.91. The van der Waals surface area contributed by atoms with Crippen molar-refractivity contribution in [1.29, 1.82) is 0 Å². The molecule has 0 saturated heterocycles. The Kier molecular flexibility index (Phi) is 4.76. The first kappa shape index (κ1) is 14.6. The maximum Gasteiger partial charge on any atom is 0.354 e. The zero-order valence-corrected chi connectivity index (χ0v) is 11.7. The molecule has 1 fully saturated rings. The van der Waals surface area contributed by atoms with E-state index in [0.29, 0.717) is 0 Å². The normalized spacial score (nSPS) is 22.4. The van der Waals surface area contributed by atoms with Gasteiger partial charge in [0, 0.05) is 6.04 Å². The minimum Gasteiger partial charge on any atom is -0.477 e. The van der Waals surface area contributed by atoms with Gasteiger partial charge in [0.2, 0.25) is 0 Å². The molecule has 0 radical (unpaired) electrons. The van der Waals surface area contributed by atoms with Gasteiger partial charge in [-0.1, -0.05) is 19.8 Å². The number of aromatic nitrogens is 2. The van der Waals surface area contributed by atoms with Gasteiger partial charge in [0.15, 0.2) is 11.4 Å². The van der Waals surface area contributed by atoms with E-state index in [2.05, 4.69) is 22.2 Å². The lowest BCUT2D eigenvalue weighted by Gasteiger charge is -2.28. The Hall–Kier alpha value is -1.85. The van der Waals surface area contributed by atoms with Crippen molar-refractivity contribution in [1.82, 2.24) is 15.3 Å². The van der Waals surface area contributed by atoms with Crippen LogP contribution in [-0.2, 0) is 0 Å². The molecule has 0 aliphatic heterocycles. The van der Waals surface area contributed by atoms with Gasteiger partial charge in [0.05, 0.1) is 6.33 Å². The summed E-state index contributed by atoms with van der Waals surface area (Å²) in [7, 11) is 0. The summed E-state index contributed by atoms with van der Waals surface area (Å²) in [4.78, 5) is 29.3. The molecule has 6 nitrogen and oxygen atoms in total. The van der Waals surface area contributed by atoms with Crippen LogP contribution in [0.3, 0.4) is 0 Å². The van der Waals surface area contributed by atoms with Crippen LogP contribution in [0.5, 0.6) is 0 Å². The van der Waals surface area contributed by atoms with Gasteiger partial charge in [-0.25, -0.2) is 9.78 Å². The standard InChI is InChI=1S/C14H21N3O3/c1-2-3-9-4-6-10(7-5-9)17-13(18)11-12(14(19)20)16-8-15-11/h8-10H,2-7H2,1H3,(H,15,16)(H,17,18)(H,19,20). The average molecular weight is 279 g/mol. The number of aromatic amines is 1. The minimum atomic E-state index is -1.17. The minimum absolute atomic E-state index is 0.0341. The Bertz CT molecular complexity index is 476. The van der Waals surface area contributed by atoms with Crippen LogP contribution in [0.1, 0.15) is 66.4 Å². The summed E-state index contributed by atoms with van der Waals surface area (Å²) in [5.41, 5.74) is -0.185. The molecule has 0 aromatic carbocycles. The summed E-state index contributed by atoms with van der Waals surface area (Å²) in [6.07, 6.45) is 7.87. The largest absolute Gasteiger partial charge is 0.477 e. The third kappa shape index (κ3) is 3.37. The third-order valence-corrected chi connectivity index (χ3v) is 3.95. The number of carbonyl (C=O) groups excluding carboxylic acids is 1. The number of hydrogen-bond donors (Lipinski definition) is 3. The monoisotopic (exact) mass is 279 g/mol. The van der Waals surface area contributed by atoms with E-state index in [1.54, 1.807) is 0 Å². The van der Waals surface area contributed by atoms with E-state index in [9.17, 15) is 9.59 Å². The number of nitrogens with one attached hydrogen (secondary N) is 2. The first-order valence-corrected chi connectivity index (χ1v) is 7.19. The fraction of sp³-hybridized carbons (Fsp3) is 0.643. The zero-order valence-electron chi connectivity index (χ0n) is 11.7. The van der Waals surface area contributed by atoms with Crippen LogP contribution in [0, 0.1) is 5.92 Å². The quantitative estimate of drug-likeness (QED) is 0.770. The van der Waals surface area contributed by atoms with Crippen molar-refractivity contribution >= 4 is 11.9 Å². The van der Waals surface area contributed by atoms with Crippen molar-refractivity contribution in [3.63, 3.8) is 0 Å². The van der Waals surface area contributed by atoms with Gasteiger partial charge in [-0.3, -0.25) is 4.79 Å². The fourth-order valence-electron chi connectivity index (χ4n) is 2.89. The van der Waals surface area contributed by atoms with Crippen LogP contribution in [0.2, 0.25) is 0 Å². The van der Waals surface area contributed by atoms with E-state index < -0.39 is 11.9 Å². The fourth-order valence-corrected chi connectivity index (χ4v) is 2.89. The Morgan fingerprint density at radius 1 is 1.40 bits per heavy atom. The van der Waals surface area contributed by atoms with Gasteiger partial charge < -0.3 is 15.4 Å². The van der Waals surface area contributed by atoms with Gasteiger partial charge in [0.25, 0.3) is 5.91 Å². The molecule has 1 aromatic rings. The Morgan fingerprint density at radius 3 is 2.70 bits per heavy atom. The molecule has 1 heterocycles. The molecule has 0 atom stereocenters. The van der Waals surface area contributed by atoms with Crippen LogP contribution in [-0.4, -0.2) is 33.0 Å². The molecule has 1 aromatic heterocycles. The SMILES string of the molecule is CCCC1CCC(NC(=O)c2nc[nH]c2C(=O)O)CC1.